The van der Waals surface area contributed by atoms with Gasteiger partial charge in [0.2, 0.25) is 0 Å². The molecule has 0 aliphatic heterocycles. The number of hydrogen-bond donors (Lipinski definition) is 2. The largest absolute Gasteiger partial charge is 0.387 e. The second-order valence-corrected chi connectivity index (χ2v) is 4.26. The van der Waals surface area contributed by atoms with E-state index in [2.05, 4.69) is 10.4 Å². The molecule has 0 fully saturated rings. The SMILES string of the molecule is Cn1nccc1CNCC(O)c1cc(F)ccc1F. The lowest BCUT2D eigenvalue weighted by atomic mass is 10.1. The van der Waals surface area contributed by atoms with Crippen molar-refractivity contribution in [1.29, 1.82) is 0 Å². The predicted molar refractivity (Wildman–Crippen MR) is 66.2 cm³/mol. The van der Waals surface area contributed by atoms with Crippen LogP contribution in [-0.4, -0.2) is 21.4 Å². The second kappa shape index (κ2) is 5.90. The van der Waals surface area contributed by atoms with E-state index in [1.807, 2.05) is 6.07 Å². The lowest BCUT2D eigenvalue weighted by molar-refractivity contribution is 0.169. The zero-order chi connectivity index (χ0) is 13.8. The summed E-state index contributed by atoms with van der Waals surface area (Å²) < 4.78 is 28.1. The third-order valence-electron chi connectivity index (χ3n) is 2.88. The van der Waals surface area contributed by atoms with Crippen LogP contribution in [0.2, 0.25) is 0 Å². The number of hydrogen-bond acceptors (Lipinski definition) is 3. The van der Waals surface area contributed by atoms with Crippen molar-refractivity contribution in [2.24, 2.45) is 7.05 Å². The molecule has 19 heavy (non-hydrogen) atoms. The summed E-state index contributed by atoms with van der Waals surface area (Å²) in [5.74, 6) is -1.18. The summed E-state index contributed by atoms with van der Waals surface area (Å²) >= 11 is 0. The number of aromatic nitrogens is 2. The quantitative estimate of drug-likeness (QED) is 0.863. The van der Waals surface area contributed by atoms with Gasteiger partial charge in [0.1, 0.15) is 11.6 Å². The summed E-state index contributed by atoms with van der Waals surface area (Å²) in [4.78, 5) is 0. The first kappa shape index (κ1) is 13.6. The predicted octanol–water partition coefficient (Wildman–Crippen LogP) is 1.52. The maximum absolute atomic E-state index is 13.4. The monoisotopic (exact) mass is 267 g/mol. The molecule has 1 aromatic carbocycles. The third-order valence-corrected chi connectivity index (χ3v) is 2.88. The summed E-state index contributed by atoms with van der Waals surface area (Å²) in [7, 11) is 1.81. The molecular formula is C13H15F2N3O. The minimum Gasteiger partial charge on any atom is -0.387 e. The number of aliphatic hydroxyl groups excluding tert-OH is 1. The highest BCUT2D eigenvalue weighted by Gasteiger charge is 2.13. The van der Waals surface area contributed by atoms with Crippen molar-refractivity contribution in [3.05, 3.63) is 53.4 Å². The van der Waals surface area contributed by atoms with Gasteiger partial charge in [-0.25, -0.2) is 8.78 Å². The van der Waals surface area contributed by atoms with Crippen LogP contribution in [0.4, 0.5) is 8.78 Å². The molecule has 6 heteroatoms. The van der Waals surface area contributed by atoms with Crippen LogP contribution in [0.25, 0.3) is 0 Å². The molecule has 2 aromatic rings. The fourth-order valence-electron chi connectivity index (χ4n) is 1.79. The van der Waals surface area contributed by atoms with E-state index in [1.54, 1.807) is 17.9 Å². The Balaban J connectivity index is 1.92. The molecule has 1 unspecified atom stereocenters. The van der Waals surface area contributed by atoms with Gasteiger partial charge in [0, 0.05) is 31.9 Å². The smallest absolute Gasteiger partial charge is 0.129 e. The average Bonchev–Trinajstić information content (AvgIpc) is 2.78. The number of halogens is 2. The summed E-state index contributed by atoms with van der Waals surface area (Å²) in [6, 6.07) is 4.87. The van der Waals surface area contributed by atoms with E-state index in [-0.39, 0.29) is 12.1 Å². The highest BCUT2D eigenvalue weighted by atomic mass is 19.1. The summed E-state index contributed by atoms with van der Waals surface area (Å²) in [5, 5.41) is 16.8. The van der Waals surface area contributed by atoms with Crippen molar-refractivity contribution < 1.29 is 13.9 Å². The van der Waals surface area contributed by atoms with E-state index >= 15 is 0 Å². The van der Waals surface area contributed by atoms with Gasteiger partial charge in [-0.05, 0) is 24.3 Å². The van der Waals surface area contributed by atoms with E-state index in [0.29, 0.717) is 6.54 Å². The standard InChI is InChI=1S/C13H15F2N3O/c1-18-10(4-5-17-18)7-16-8-13(19)11-6-9(14)2-3-12(11)15/h2-6,13,16,19H,7-8H2,1H3. The molecule has 4 nitrogen and oxygen atoms in total. The van der Waals surface area contributed by atoms with E-state index in [9.17, 15) is 13.9 Å². The Morgan fingerprint density at radius 2 is 2.16 bits per heavy atom. The van der Waals surface area contributed by atoms with Crippen LogP contribution in [0, 0.1) is 11.6 Å². The number of aliphatic hydroxyl groups is 1. The Hall–Kier alpha value is -1.79. The van der Waals surface area contributed by atoms with Gasteiger partial charge in [0.15, 0.2) is 0 Å². The lowest BCUT2D eigenvalue weighted by Crippen LogP contribution is -2.23. The van der Waals surface area contributed by atoms with Crippen LogP contribution < -0.4 is 5.32 Å². The molecule has 0 spiro atoms. The van der Waals surface area contributed by atoms with Gasteiger partial charge in [-0.1, -0.05) is 0 Å². The molecule has 1 atom stereocenters. The van der Waals surface area contributed by atoms with Gasteiger partial charge in [-0.15, -0.1) is 0 Å². The third kappa shape index (κ3) is 3.36. The van der Waals surface area contributed by atoms with Crippen LogP contribution in [0.5, 0.6) is 0 Å². The zero-order valence-corrected chi connectivity index (χ0v) is 10.5. The Morgan fingerprint density at radius 1 is 1.37 bits per heavy atom. The van der Waals surface area contributed by atoms with E-state index in [1.165, 1.54) is 0 Å². The van der Waals surface area contributed by atoms with E-state index in [4.69, 9.17) is 0 Å². The summed E-state index contributed by atoms with van der Waals surface area (Å²) in [6.07, 6.45) is 0.573. The van der Waals surface area contributed by atoms with Crippen LogP contribution in [0.3, 0.4) is 0 Å². The highest BCUT2D eigenvalue weighted by molar-refractivity contribution is 5.21. The molecule has 0 aliphatic carbocycles. The van der Waals surface area contributed by atoms with Crippen molar-refractivity contribution in [3.63, 3.8) is 0 Å². The van der Waals surface area contributed by atoms with E-state index < -0.39 is 17.7 Å². The Labute approximate surface area is 109 Å². The van der Waals surface area contributed by atoms with Gasteiger partial charge < -0.3 is 10.4 Å². The number of nitrogens with one attached hydrogen (secondary N) is 1. The molecule has 0 amide bonds. The molecule has 2 rings (SSSR count). The van der Waals surface area contributed by atoms with E-state index in [0.717, 1.165) is 23.9 Å². The van der Waals surface area contributed by atoms with Gasteiger partial charge in [0.05, 0.1) is 11.8 Å². The first-order valence-corrected chi connectivity index (χ1v) is 5.88. The van der Waals surface area contributed by atoms with Crippen molar-refractivity contribution >= 4 is 0 Å². The molecule has 0 bridgehead atoms. The molecule has 2 N–H and O–H groups in total. The molecule has 0 aliphatic rings. The topological polar surface area (TPSA) is 50.1 Å². The maximum Gasteiger partial charge on any atom is 0.129 e. The molecule has 0 saturated carbocycles. The molecule has 102 valence electrons. The van der Waals surface area contributed by atoms with Gasteiger partial charge in [0.25, 0.3) is 0 Å². The first-order chi connectivity index (χ1) is 9.08. The minimum absolute atomic E-state index is 0.0440. The maximum atomic E-state index is 13.4. The fraction of sp³-hybridized carbons (Fsp3) is 0.308. The van der Waals surface area contributed by atoms with Crippen LogP contribution >= 0.6 is 0 Å². The van der Waals surface area contributed by atoms with Crippen molar-refractivity contribution in [2.75, 3.05) is 6.54 Å². The van der Waals surface area contributed by atoms with Crippen molar-refractivity contribution in [1.82, 2.24) is 15.1 Å². The number of aryl methyl sites for hydroxylation is 1. The minimum atomic E-state index is -1.09. The van der Waals surface area contributed by atoms with Gasteiger partial charge in [-0.3, -0.25) is 4.68 Å². The van der Waals surface area contributed by atoms with Crippen molar-refractivity contribution in [2.45, 2.75) is 12.6 Å². The summed E-state index contributed by atoms with van der Waals surface area (Å²) in [5.41, 5.74) is 0.893. The molecule has 0 saturated heterocycles. The number of benzene rings is 1. The molecule has 1 aromatic heterocycles. The normalized spacial score (nSPS) is 12.6. The molecule has 0 radical (unpaired) electrons. The Bertz CT molecular complexity index is 557. The van der Waals surface area contributed by atoms with Crippen LogP contribution in [0.15, 0.2) is 30.5 Å². The van der Waals surface area contributed by atoms with Gasteiger partial charge in [-0.2, -0.15) is 5.10 Å². The first-order valence-electron chi connectivity index (χ1n) is 5.88. The molecular weight excluding hydrogens is 252 g/mol. The van der Waals surface area contributed by atoms with Crippen LogP contribution in [0.1, 0.15) is 17.4 Å². The zero-order valence-electron chi connectivity index (χ0n) is 10.5. The Kier molecular flexibility index (Phi) is 4.24. The van der Waals surface area contributed by atoms with Gasteiger partial charge >= 0.3 is 0 Å². The fourth-order valence-corrected chi connectivity index (χ4v) is 1.79. The highest BCUT2D eigenvalue weighted by Crippen LogP contribution is 2.17. The Morgan fingerprint density at radius 3 is 2.84 bits per heavy atom. The molecule has 1 heterocycles. The van der Waals surface area contributed by atoms with Crippen molar-refractivity contribution in [3.8, 4) is 0 Å². The second-order valence-electron chi connectivity index (χ2n) is 4.26. The van der Waals surface area contributed by atoms with Crippen LogP contribution in [-0.2, 0) is 13.6 Å². The average molecular weight is 267 g/mol. The number of nitrogens with zero attached hydrogens (tertiary/aromatic N) is 2. The number of rotatable bonds is 5. The summed E-state index contributed by atoms with van der Waals surface area (Å²) in [6.45, 7) is 0.621. The lowest BCUT2D eigenvalue weighted by Gasteiger charge is -2.13.